The second-order valence-corrected chi connectivity index (χ2v) is 9.70. The first-order chi connectivity index (χ1) is 16.7. The Kier molecular flexibility index (Phi) is 6.98. The molecule has 178 valence electrons. The molecule has 0 saturated heterocycles. The molecule has 0 bridgehead atoms. The topological polar surface area (TPSA) is 79.3 Å². The predicted octanol–water partition coefficient (Wildman–Crippen LogP) is 6.27. The number of benzene rings is 3. The van der Waals surface area contributed by atoms with Crippen LogP contribution in [0.4, 0.5) is 4.39 Å². The maximum absolute atomic E-state index is 14.6. The van der Waals surface area contributed by atoms with Gasteiger partial charge in [0, 0.05) is 27.4 Å². The van der Waals surface area contributed by atoms with E-state index in [1.54, 1.807) is 25.1 Å². The number of hydrogen-bond acceptors (Lipinski definition) is 3. The molecule has 1 amide bonds. The number of aromatic nitrogens is 1. The van der Waals surface area contributed by atoms with Crippen molar-refractivity contribution in [3.63, 3.8) is 0 Å². The van der Waals surface area contributed by atoms with Crippen LogP contribution >= 0.6 is 15.9 Å². The molecule has 5 nitrogen and oxygen atoms in total. The summed E-state index contributed by atoms with van der Waals surface area (Å²) in [5.74, 6) is -1.96. The molecular formula is C28H24BrFN2O3. The van der Waals surface area contributed by atoms with Gasteiger partial charge in [-0.2, -0.15) is 0 Å². The van der Waals surface area contributed by atoms with Gasteiger partial charge in [-0.25, -0.2) is 9.37 Å². The van der Waals surface area contributed by atoms with E-state index in [9.17, 15) is 19.1 Å². The van der Waals surface area contributed by atoms with Crippen molar-refractivity contribution < 1.29 is 19.1 Å². The maximum atomic E-state index is 14.6. The van der Waals surface area contributed by atoms with E-state index in [4.69, 9.17) is 4.98 Å². The number of hydrogen-bond donors (Lipinski definition) is 2. The molecule has 4 aromatic rings. The average Bonchev–Trinajstić information content (AvgIpc) is 2.82. The van der Waals surface area contributed by atoms with Crippen LogP contribution in [0.25, 0.3) is 22.2 Å². The zero-order chi connectivity index (χ0) is 25.2. The number of aliphatic carboxylic acids is 1. The molecule has 1 heterocycles. The van der Waals surface area contributed by atoms with Gasteiger partial charge in [-0.3, -0.25) is 9.59 Å². The van der Waals surface area contributed by atoms with E-state index in [2.05, 4.69) is 21.2 Å². The van der Waals surface area contributed by atoms with Crippen molar-refractivity contribution in [3.05, 3.63) is 99.8 Å². The van der Waals surface area contributed by atoms with E-state index >= 15 is 0 Å². The molecule has 0 aliphatic heterocycles. The number of amides is 1. The summed E-state index contributed by atoms with van der Waals surface area (Å²) in [6, 6.07) is 21.2. The van der Waals surface area contributed by atoms with E-state index < -0.39 is 17.2 Å². The first-order valence-electron chi connectivity index (χ1n) is 11.1. The molecule has 0 fully saturated rings. The fourth-order valence-corrected chi connectivity index (χ4v) is 4.76. The number of nitrogens with one attached hydrogen (secondary N) is 1. The second kappa shape index (κ2) is 9.96. The lowest BCUT2D eigenvalue weighted by atomic mass is 9.79. The molecule has 2 N–H and O–H groups in total. The molecule has 0 spiro atoms. The second-order valence-electron chi connectivity index (χ2n) is 8.78. The first-order valence-corrected chi connectivity index (χ1v) is 11.9. The third-order valence-electron chi connectivity index (χ3n) is 6.17. The van der Waals surface area contributed by atoms with Crippen LogP contribution in [0.2, 0.25) is 0 Å². The van der Waals surface area contributed by atoms with Crippen LogP contribution in [0, 0.1) is 12.7 Å². The summed E-state index contributed by atoms with van der Waals surface area (Å²) in [6.07, 6.45) is -0.342. The molecule has 0 saturated carbocycles. The van der Waals surface area contributed by atoms with E-state index in [-0.39, 0.29) is 24.4 Å². The summed E-state index contributed by atoms with van der Waals surface area (Å²) in [4.78, 5) is 30.1. The lowest BCUT2D eigenvalue weighted by Crippen LogP contribution is -2.41. The number of fused-ring (bicyclic) bond motifs is 1. The number of pyridine rings is 1. The molecule has 1 atom stereocenters. The van der Waals surface area contributed by atoms with Gasteiger partial charge in [0.15, 0.2) is 0 Å². The molecule has 3 aromatic carbocycles. The molecule has 7 heteroatoms. The lowest BCUT2D eigenvalue weighted by Gasteiger charge is -2.29. The van der Waals surface area contributed by atoms with Gasteiger partial charge in [-0.15, -0.1) is 0 Å². The summed E-state index contributed by atoms with van der Waals surface area (Å²) in [5.41, 5.74) is 2.47. The fraction of sp³-hybridized carbons (Fsp3) is 0.179. The van der Waals surface area contributed by atoms with Crippen LogP contribution < -0.4 is 5.32 Å². The number of carboxylic acid groups (broad SMARTS) is 1. The van der Waals surface area contributed by atoms with Gasteiger partial charge in [-0.1, -0.05) is 71.4 Å². The van der Waals surface area contributed by atoms with Crippen molar-refractivity contribution in [1.29, 1.82) is 0 Å². The Balaban J connectivity index is 1.78. The SMILES string of the molecule is Cc1c(-c2ccccc2)nc2ccc(Br)cc2c1C(=O)NC[C@@](C)(CC(=O)O)c1ccccc1F. The van der Waals surface area contributed by atoms with Crippen LogP contribution in [-0.4, -0.2) is 28.5 Å². The quantitative estimate of drug-likeness (QED) is 0.292. The number of nitrogens with zero attached hydrogens (tertiary/aromatic N) is 1. The Morgan fingerprint density at radius 1 is 1.06 bits per heavy atom. The number of rotatable bonds is 7. The Bertz CT molecular complexity index is 1420. The van der Waals surface area contributed by atoms with Crippen LogP contribution in [0.3, 0.4) is 0 Å². The smallest absolute Gasteiger partial charge is 0.304 e. The minimum atomic E-state index is -1.15. The van der Waals surface area contributed by atoms with Crippen LogP contribution in [0.5, 0.6) is 0 Å². The Morgan fingerprint density at radius 2 is 1.74 bits per heavy atom. The van der Waals surface area contributed by atoms with Gasteiger partial charge in [0.1, 0.15) is 5.82 Å². The van der Waals surface area contributed by atoms with Gasteiger partial charge >= 0.3 is 5.97 Å². The lowest BCUT2D eigenvalue weighted by molar-refractivity contribution is -0.138. The highest BCUT2D eigenvalue weighted by molar-refractivity contribution is 9.10. The van der Waals surface area contributed by atoms with Crippen molar-refractivity contribution in [2.75, 3.05) is 6.54 Å². The number of halogens is 2. The largest absolute Gasteiger partial charge is 0.481 e. The van der Waals surface area contributed by atoms with Gasteiger partial charge < -0.3 is 10.4 Å². The molecule has 0 aliphatic rings. The van der Waals surface area contributed by atoms with Gasteiger partial charge in [0.25, 0.3) is 5.91 Å². The highest BCUT2D eigenvalue weighted by atomic mass is 79.9. The average molecular weight is 535 g/mol. The summed E-state index contributed by atoms with van der Waals surface area (Å²) >= 11 is 3.47. The Labute approximate surface area is 211 Å². The number of carbonyl (C=O) groups is 2. The molecule has 4 rings (SSSR count). The molecular weight excluding hydrogens is 511 g/mol. The van der Waals surface area contributed by atoms with Gasteiger partial charge in [-0.05, 0) is 42.3 Å². The predicted molar refractivity (Wildman–Crippen MR) is 138 cm³/mol. The number of carbonyl (C=O) groups excluding carboxylic acids is 1. The summed E-state index contributed by atoms with van der Waals surface area (Å²) in [6.45, 7) is 3.43. The summed E-state index contributed by atoms with van der Waals surface area (Å²) < 4.78 is 15.4. The zero-order valence-electron chi connectivity index (χ0n) is 19.3. The monoisotopic (exact) mass is 534 g/mol. The van der Waals surface area contributed by atoms with Crippen molar-refractivity contribution >= 4 is 38.7 Å². The van der Waals surface area contributed by atoms with Crippen molar-refractivity contribution in [3.8, 4) is 11.3 Å². The third kappa shape index (κ3) is 5.10. The zero-order valence-corrected chi connectivity index (χ0v) is 20.9. The molecule has 1 aromatic heterocycles. The Morgan fingerprint density at radius 3 is 2.43 bits per heavy atom. The summed E-state index contributed by atoms with van der Waals surface area (Å²) in [5, 5.41) is 13.1. The van der Waals surface area contributed by atoms with Crippen LogP contribution in [0.15, 0.2) is 77.3 Å². The maximum Gasteiger partial charge on any atom is 0.304 e. The fourth-order valence-electron chi connectivity index (χ4n) is 4.40. The summed E-state index contributed by atoms with van der Waals surface area (Å²) in [7, 11) is 0. The first kappa shape index (κ1) is 24.5. The normalized spacial score (nSPS) is 12.8. The molecule has 0 radical (unpaired) electrons. The van der Waals surface area contributed by atoms with Crippen LogP contribution in [-0.2, 0) is 10.2 Å². The highest BCUT2D eigenvalue weighted by Gasteiger charge is 2.33. The van der Waals surface area contributed by atoms with Crippen molar-refractivity contribution in [2.24, 2.45) is 0 Å². The highest BCUT2D eigenvalue weighted by Crippen LogP contribution is 2.33. The van der Waals surface area contributed by atoms with Crippen molar-refractivity contribution in [1.82, 2.24) is 10.3 Å². The van der Waals surface area contributed by atoms with Crippen LogP contribution in [0.1, 0.15) is 34.8 Å². The molecule has 0 unspecified atom stereocenters. The molecule has 0 aliphatic carbocycles. The van der Waals surface area contributed by atoms with E-state index in [1.165, 1.54) is 6.07 Å². The van der Waals surface area contributed by atoms with Gasteiger partial charge in [0.05, 0.1) is 23.2 Å². The Hall–Kier alpha value is -3.58. The minimum Gasteiger partial charge on any atom is -0.481 e. The van der Waals surface area contributed by atoms with Gasteiger partial charge in [0.2, 0.25) is 0 Å². The van der Waals surface area contributed by atoms with Crippen molar-refractivity contribution in [2.45, 2.75) is 25.7 Å². The van der Waals surface area contributed by atoms with E-state index in [0.717, 1.165) is 10.0 Å². The minimum absolute atomic E-state index is 0.0585. The number of carboxylic acids is 1. The molecule has 35 heavy (non-hydrogen) atoms. The van der Waals surface area contributed by atoms with E-state index in [0.29, 0.717) is 27.7 Å². The third-order valence-corrected chi connectivity index (χ3v) is 6.66. The standard InChI is InChI=1S/C28H24BrFN2O3/c1-17-25(20-14-19(29)12-13-23(20)32-26(17)18-8-4-3-5-9-18)27(35)31-16-28(2,15-24(33)34)21-10-6-7-11-22(21)30/h3-14H,15-16H2,1-2H3,(H,31,35)(H,33,34)/t28-/m1/s1. The van der Waals surface area contributed by atoms with E-state index in [1.807, 2.05) is 55.5 Å².